The molecule has 134 valence electrons. The minimum Gasteiger partial charge on any atom is -0.395 e. The van der Waals surface area contributed by atoms with E-state index in [4.69, 9.17) is 4.74 Å². The minimum absolute atomic E-state index is 0.0505. The maximum absolute atomic E-state index is 12.7. The molecule has 1 aliphatic heterocycles. The van der Waals surface area contributed by atoms with Gasteiger partial charge in [0.2, 0.25) is 0 Å². The zero-order valence-corrected chi connectivity index (χ0v) is 14.8. The van der Waals surface area contributed by atoms with E-state index < -0.39 is 0 Å². The van der Waals surface area contributed by atoms with Crippen LogP contribution in [0.15, 0.2) is 42.1 Å². The summed E-state index contributed by atoms with van der Waals surface area (Å²) in [5.41, 5.74) is 1.12. The molecule has 1 aromatic rings. The first-order valence-electron chi connectivity index (χ1n) is 8.49. The predicted octanol–water partition coefficient (Wildman–Crippen LogP) is 1.52. The maximum atomic E-state index is 12.7. The average Bonchev–Trinajstić information content (AvgIpc) is 2.59. The number of morpholine rings is 1. The highest BCUT2D eigenvalue weighted by atomic mass is 16.5. The van der Waals surface area contributed by atoms with E-state index in [0.717, 1.165) is 5.56 Å². The molecule has 2 unspecified atom stereocenters. The Balaban J connectivity index is 2.14. The Labute approximate surface area is 148 Å². The van der Waals surface area contributed by atoms with Crippen LogP contribution in [0.1, 0.15) is 19.4 Å². The van der Waals surface area contributed by atoms with Crippen molar-refractivity contribution in [3.63, 3.8) is 0 Å². The average molecular weight is 343 g/mol. The van der Waals surface area contributed by atoms with Crippen molar-refractivity contribution >= 4 is 5.91 Å². The summed E-state index contributed by atoms with van der Waals surface area (Å²) in [6.07, 6.45) is 1.45. The smallest absolute Gasteiger partial charge is 0.266 e. The van der Waals surface area contributed by atoms with Gasteiger partial charge in [0.15, 0.2) is 0 Å². The van der Waals surface area contributed by atoms with Crippen LogP contribution in [-0.2, 0) is 16.1 Å². The Hall–Kier alpha value is -2.36. The quantitative estimate of drug-likeness (QED) is 0.626. The van der Waals surface area contributed by atoms with Gasteiger partial charge in [0, 0.05) is 32.4 Å². The number of nitriles is 1. The molecule has 25 heavy (non-hydrogen) atoms. The minimum atomic E-state index is -0.291. The molecule has 1 aromatic carbocycles. The highest BCUT2D eigenvalue weighted by Gasteiger charge is 2.28. The van der Waals surface area contributed by atoms with E-state index in [1.807, 2.05) is 50.2 Å². The largest absolute Gasteiger partial charge is 0.395 e. The second-order valence-corrected chi connectivity index (χ2v) is 6.30. The van der Waals surface area contributed by atoms with Gasteiger partial charge in [-0.1, -0.05) is 30.3 Å². The SMILES string of the molecule is CC1CN(C(=O)/C(C#N)=C\N(CCO)Cc2ccccc2)CC(C)O1. The van der Waals surface area contributed by atoms with Gasteiger partial charge < -0.3 is 19.6 Å². The van der Waals surface area contributed by atoms with Crippen LogP contribution >= 0.6 is 0 Å². The van der Waals surface area contributed by atoms with E-state index in [1.54, 1.807) is 16.0 Å². The first kappa shape index (κ1) is 19.0. The molecule has 1 fully saturated rings. The second kappa shape index (κ2) is 9.21. The number of aliphatic hydroxyl groups is 1. The highest BCUT2D eigenvalue weighted by molar-refractivity contribution is 5.97. The molecule has 2 rings (SSSR count). The lowest BCUT2D eigenvalue weighted by Crippen LogP contribution is -2.48. The van der Waals surface area contributed by atoms with Gasteiger partial charge in [0.1, 0.15) is 11.6 Å². The van der Waals surface area contributed by atoms with E-state index in [-0.39, 0.29) is 30.3 Å². The fourth-order valence-corrected chi connectivity index (χ4v) is 2.96. The summed E-state index contributed by atoms with van der Waals surface area (Å²) in [7, 11) is 0. The number of hydrogen-bond donors (Lipinski definition) is 1. The Morgan fingerprint density at radius 3 is 2.56 bits per heavy atom. The van der Waals surface area contributed by atoms with Crippen molar-refractivity contribution in [1.82, 2.24) is 9.80 Å². The Bertz CT molecular complexity index is 629. The van der Waals surface area contributed by atoms with Gasteiger partial charge in [-0.2, -0.15) is 5.26 Å². The van der Waals surface area contributed by atoms with Crippen molar-refractivity contribution in [3.8, 4) is 6.07 Å². The van der Waals surface area contributed by atoms with Crippen molar-refractivity contribution in [2.45, 2.75) is 32.6 Å². The zero-order valence-electron chi connectivity index (χ0n) is 14.8. The highest BCUT2D eigenvalue weighted by Crippen LogP contribution is 2.14. The molecule has 0 bridgehead atoms. The molecule has 0 saturated carbocycles. The Morgan fingerprint density at radius 1 is 1.36 bits per heavy atom. The Morgan fingerprint density at radius 2 is 2.00 bits per heavy atom. The lowest BCUT2D eigenvalue weighted by molar-refractivity contribution is -0.138. The maximum Gasteiger partial charge on any atom is 0.266 e. The summed E-state index contributed by atoms with van der Waals surface area (Å²) in [6.45, 7) is 5.60. The van der Waals surface area contributed by atoms with E-state index in [1.165, 1.54) is 0 Å². The van der Waals surface area contributed by atoms with E-state index >= 15 is 0 Å². The lowest BCUT2D eigenvalue weighted by atomic mass is 10.1. The molecule has 1 heterocycles. The number of rotatable bonds is 6. The summed E-state index contributed by atoms with van der Waals surface area (Å²) in [5, 5.41) is 18.7. The van der Waals surface area contributed by atoms with Crippen LogP contribution in [0.4, 0.5) is 0 Å². The van der Waals surface area contributed by atoms with E-state index in [2.05, 4.69) is 0 Å². The molecule has 0 aromatic heterocycles. The fraction of sp³-hybridized carbons (Fsp3) is 0.474. The third-order valence-electron chi connectivity index (χ3n) is 3.99. The van der Waals surface area contributed by atoms with Gasteiger partial charge in [0.25, 0.3) is 5.91 Å². The van der Waals surface area contributed by atoms with E-state index in [9.17, 15) is 15.2 Å². The van der Waals surface area contributed by atoms with Crippen LogP contribution in [0, 0.1) is 11.3 Å². The molecule has 0 spiro atoms. The topological polar surface area (TPSA) is 76.8 Å². The number of carbonyl (C=O) groups is 1. The molecular weight excluding hydrogens is 318 g/mol. The summed E-state index contributed by atoms with van der Waals surface area (Å²) in [6, 6.07) is 11.7. The molecule has 1 amide bonds. The molecule has 6 heteroatoms. The monoisotopic (exact) mass is 343 g/mol. The van der Waals surface area contributed by atoms with Crippen LogP contribution < -0.4 is 0 Å². The standard InChI is InChI=1S/C19H25N3O3/c1-15-11-22(12-16(2)25-15)19(24)18(10-20)14-21(8-9-23)13-17-6-4-3-5-7-17/h3-7,14-16,23H,8-9,11-13H2,1-2H3/b18-14-. The molecule has 0 radical (unpaired) electrons. The van der Waals surface area contributed by atoms with Crippen molar-refractivity contribution in [2.75, 3.05) is 26.2 Å². The van der Waals surface area contributed by atoms with Gasteiger partial charge in [-0.05, 0) is 19.4 Å². The first-order valence-corrected chi connectivity index (χ1v) is 8.49. The van der Waals surface area contributed by atoms with Gasteiger partial charge in [-0.25, -0.2) is 0 Å². The summed E-state index contributed by atoms with van der Waals surface area (Å²) >= 11 is 0. The summed E-state index contributed by atoms with van der Waals surface area (Å²) in [5.74, 6) is -0.291. The summed E-state index contributed by atoms with van der Waals surface area (Å²) < 4.78 is 5.64. The van der Waals surface area contributed by atoms with Crippen molar-refractivity contribution < 1.29 is 14.6 Å². The molecule has 2 atom stereocenters. The van der Waals surface area contributed by atoms with Crippen LogP contribution in [0.25, 0.3) is 0 Å². The van der Waals surface area contributed by atoms with Crippen LogP contribution in [0.5, 0.6) is 0 Å². The van der Waals surface area contributed by atoms with Gasteiger partial charge in [-0.15, -0.1) is 0 Å². The van der Waals surface area contributed by atoms with Crippen LogP contribution in [-0.4, -0.2) is 59.3 Å². The number of carbonyl (C=O) groups excluding carboxylic acids is 1. The summed E-state index contributed by atoms with van der Waals surface area (Å²) in [4.78, 5) is 16.2. The third-order valence-corrected chi connectivity index (χ3v) is 3.99. The number of ether oxygens (including phenoxy) is 1. The van der Waals surface area contributed by atoms with Crippen LogP contribution in [0.2, 0.25) is 0 Å². The normalized spacial score (nSPS) is 20.9. The number of aliphatic hydroxyl groups excluding tert-OH is 1. The van der Waals surface area contributed by atoms with Crippen molar-refractivity contribution in [1.29, 1.82) is 5.26 Å². The first-order chi connectivity index (χ1) is 12.0. The number of amides is 1. The van der Waals surface area contributed by atoms with Gasteiger partial charge in [-0.3, -0.25) is 4.79 Å². The number of nitrogens with zero attached hydrogens (tertiary/aromatic N) is 3. The molecular formula is C19H25N3O3. The van der Waals surface area contributed by atoms with Gasteiger partial charge in [0.05, 0.1) is 18.8 Å². The van der Waals surface area contributed by atoms with E-state index in [0.29, 0.717) is 26.2 Å². The van der Waals surface area contributed by atoms with Gasteiger partial charge >= 0.3 is 0 Å². The molecule has 1 saturated heterocycles. The lowest BCUT2D eigenvalue weighted by Gasteiger charge is -2.35. The molecule has 6 nitrogen and oxygen atoms in total. The molecule has 1 aliphatic rings. The fourth-order valence-electron chi connectivity index (χ4n) is 2.96. The molecule has 0 aliphatic carbocycles. The third kappa shape index (κ3) is 5.59. The molecule has 1 N–H and O–H groups in total. The predicted molar refractivity (Wildman–Crippen MR) is 94.2 cm³/mol. The zero-order chi connectivity index (χ0) is 18.2. The van der Waals surface area contributed by atoms with Crippen molar-refractivity contribution in [3.05, 3.63) is 47.7 Å². The number of benzene rings is 1. The second-order valence-electron chi connectivity index (χ2n) is 6.30. The Kier molecular flexibility index (Phi) is 6.99. The number of hydrogen-bond acceptors (Lipinski definition) is 5. The van der Waals surface area contributed by atoms with Crippen molar-refractivity contribution in [2.24, 2.45) is 0 Å². The van der Waals surface area contributed by atoms with Crippen LogP contribution in [0.3, 0.4) is 0 Å².